The van der Waals surface area contributed by atoms with Gasteiger partial charge in [-0.3, -0.25) is 0 Å². The van der Waals surface area contributed by atoms with Crippen LogP contribution in [0.5, 0.6) is 0 Å². The Balaban J connectivity index is 0.00000112. The van der Waals surface area contributed by atoms with E-state index >= 15 is 0 Å². The monoisotopic (exact) mass is 202 g/mol. The van der Waals surface area contributed by atoms with Crippen molar-refractivity contribution in [2.75, 3.05) is 0 Å². The first-order valence-corrected chi connectivity index (χ1v) is 4.67. The first-order chi connectivity index (χ1) is 6.75. The summed E-state index contributed by atoms with van der Waals surface area (Å²) in [7, 11) is 4.05. The van der Waals surface area contributed by atoms with Gasteiger partial charge in [0.15, 0.2) is 24.8 Å². The summed E-state index contributed by atoms with van der Waals surface area (Å²) in [6.45, 7) is 0. The van der Waals surface area contributed by atoms with E-state index in [2.05, 4.69) is 49.1 Å². The molecule has 0 amide bonds. The van der Waals surface area contributed by atoms with Crippen molar-refractivity contribution in [2.24, 2.45) is 14.1 Å². The van der Waals surface area contributed by atoms with E-state index in [-0.39, 0.29) is 7.43 Å². The molecular weight excluding hydrogens is 184 g/mol. The third-order valence-corrected chi connectivity index (χ3v) is 2.29. The van der Waals surface area contributed by atoms with Gasteiger partial charge < -0.3 is 0 Å². The van der Waals surface area contributed by atoms with Gasteiger partial charge in [-0.2, -0.15) is 0 Å². The minimum Gasteiger partial charge on any atom is -0.208 e. The largest absolute Gasteiger partial charge is 0.208 e. The van der Waals surface area contributed by atoms with E-state index in [4.69, 9.17) is 0 Å². The van der Waals surface area contributed by atoms with Crippen LogP contribution in [0.4, 0.5) is 0 Å². The Hall–Kier alpha value is -1.70. The maximum atomic E-state index is 2.12. The summed E-state index contributed by atoms with van der Waals surface area (Å²) >= 11 is 0. The number of rotatable bonds is 1. The highest BCUT2D eigenvalue weighted by Gasteiger charge is 2.00. The molecular formula is C13H18N2+2. The van der Waals surface area contributed by atoms with Crippen LogP contribution in [-0.2, 0) is 14.1 Å². The van der Waals surface area contributed by atoms with E-state index in [1.54, 1.807) is 0 Å². The average Bonchev–Trinajstić information content (AvgIpc) is 2.21. The minimum absolute atomic E-state index is 0. The molecule has 0 atom stereocenters. The van der Waals surface area contributed by atoms with Crippen LogP contribution in [0.25, 0.3) is 11.1 Å². The van der Waals surface area contributed by atoms with Gasteiger partial charge in [0.05, 0.1) is 0 Å². The summed E-state index contributed by atoms with van der Waals surface area (Å²) < 4.78 is 4.07. The molecule has 2 nitrogen and oxygen atoms in total. The van der Waals surface area contributed by atoms with Crippen LogP contribution in [0.3, 0.4) is 0 Å². The lowest BCUT2D eigenvalue weighted by atomic mass is 10.1. The molecule has 0 aliphatic heterocycles. The predicted molar refractivity (Wildman–Crippen MR) is 61.0 cm³/mol. The summed E-state index contributed by atoms with van der Waals surface area (Å²) in [4.78, 5) is 0. The lowest BCUT2D eigenvalue weighted by Crippen LogP contribution is -2.26. The third kappa shape index (κ3) is 2.62. The van der Waals surface area contributed by atoms with E-state index in [0.29, 0.717) is 0 Å². The lowest BCUT2D eigenvalue weighted by Gasteiger charge is -1.97. The summed E-state index contributed by atoms with van der Waals surface area (Å²) in [5.41, 5.74) is 2.51. The smallest absolute Gasteiger partial charge is 0.169 e. The van der Waals surface area contributed by atoms with Crippen LogP contribution < -0.4 is 9.13 Å². The summed E-state index contributed by atoms with van der Waals surface area (Å²) in [6, 6.07) is 8.48. The molecule has 2 aromatic heterocycles. The van der Waals surface area contributed by atoms with Crippen molar-refractivity contribution < 1.29 is 9.13 Å². The summed E-state index contributed by atoms with van der Waals surface area (Å²) in [5.74, 6) is 0. The van der Waals surface area contributed by atoms with Crippen LogP contribution >= 0.6 is 0 Å². The number of hydrogen-bond acceptors (Lipinski definition) is 0. The maximum absolute atomic E-state index is 2.12. The number of aryl methyl sites for hydroxylation is 2. The molecule has 78 valence electrons. The zero-order valence-electron chi connectivity index (χ0n) is 8.51. The van der Waals surface area contributed by atoms with Gasteiger partial charge in [0.2, 0.25) is 0 Å². The highest BCUT2D eigenvalue weighted by Crippen LogP contribution is 2.14. The van der Waals surface area contributed by atoms with Gasteiger partial charge >= 0.3 is 0 Å². The van der Waals surface area contributed by atoms with Crippen molar-refractivity contribution in [1.82, 2.24) is 0 Å². The predicted octanol–water partition coefficient (Wildman–Crippen LogP) is 1.64. The van der Waals surface area contributed by atoms with Crippen molar-refractivity contribution in [3.8, 4) is 11.1 Å². The van der Waals surface area contributed by atoms with E-state index in [1.807, 2.05) is 23.2 Å². The third-order valence-electron chi connectivity index (χ3n) is 2.29. The molecule has 2 aromatic rings. The van der Waals surface area contributed by atoms with E-state index < -0.39 is 0 Å². The molecule has 0 bridgehead atoms. The normalized spacial score (nSPS) is 9.47. The van der Waals surface area contributed by atoms with Gasteiger partial charge in [-0.05, 0) is 11.1 Å². The van der Waals surface area contributed by atoms with Gasteiger partial charge in [0, 0.05) is 24.3 Å². The summed E-state index contributed by atoms with van der Waals surface area (Å²) in [5, 5.41) is 0. The molecule has 0 aliphatic carbocycles. The van der Waals surface area contributed by atoms with Crippen LogP contribution in [0.1, 0.15) is 7.43 Å². The molecule has 0 fully saturated rings. The van der Waals surface area contributed by atoms with Crippen LogP contribution in [0, 0.1) is 0 Å². The van der Waals surface area contributed by atoms with Crippen molar-refractivity contribution in [3.05, 3.63) is 49.1 Å². The first-order valence-electron chi connectivity index (χ1n) is 4.67. The Morgan fingerprint density at radius 3 is 1.20 bits per heavy atom. The number of hydrogen-bond donors (Lipinski definition) is 0. The first kappa shape index (κ1) is 11.4. The molecule has 15 heavy (non-hydrogen) atoms. The molecule has 0 spiro atoms. The summed E-state index contributed by atoms with van der Waals surface area (Å²) in [6.07, 6.45) is 8.23. The molecule has 2 heterocycles. The molecule has 0 radical (unpaired) electrons. The highest BCUT2D eigenvalue weighted by atomic mass is 14.9. The molecule has 0 aromatic carbocycles. The second kappa shape index (κ2) is 4.69. The molecule has 0 N–H and O–H groups in total. The van der Waals surface area contributed by atoms with Crippen molar-refractivity contribution in [1.29, 1.82) is 0 Å². The molecule has 0 unspecified atom stereocenters. The van der Waals surface area contributed by atoms with Crippen molar-refractivity contribution in [3.63, 3.8) is 0 Å². The second-order valence-corrected chi connectivity index (χ2v) is 3.50. The number of aromatic nitrogens is 2. The highest BCUT2D eigenvalue weighted by molar-refractivity contribution is 5.60. The second-order valence-electron chi connectivity index (χ2n) is 3.50. The van der Waals surface area contributed by atoms with Crippen LogP contribution in [0.15, 0.2) is 49.1 Å². The Morgan fingerprint density at radius 1 is 0.667 bits per heavy atom. The lowest BCUT2D eigenvalue weighted by molar-refractivity contribution is -0.671. The fraction of sp³-hybridized carbons (Fsp3) is 0.231. The van der Waals surface area contributed by atoms with E-state index in [1.165, 1.54) is 11.1 Å². The minimum atomic E-state index is 0. The Bertz CT molecular complexity index is 372. The standard InChI is InChI=1S/C12H14N2.CH4/c1-13-7-3-11(4-8-13)12-5-9-14(2)10-6-12;/h3-10H,1-2H3;1H4/q+2;. The van der Waals surface area contributed by atoms with Crippen molar-refractivity contribution in [2.45, 2.75) is 7.43 Å². The number of pyridine rings is 2. The van der Waals surface area contributed by atoms with Crippen LogP contribution in [0.2, 0.25) is 0 Å². The van der Waals surface area contributed by atoms with Crippen LogP contribution in [-0.4, -0.2) is 0 Å². The fourth-order valence-electron chi connectivity index (χ4n) is 1.39. The van der Waals surface area contributed by atoms with Crippen molar-refractivity contribution >= 4 is 0 Å². The maximum Gasteiger partial charge on any atom is 0.169 e. The van der Waals surface area contributed by atoms with Gasteiger partial charge in [-0.25, -0.2) is 9.13 Å². The van der Waals surface area contributed by atoms with Gasteiger partial charge in [-0.15, -0.1) is 0 Å². The van der Waals surface area contributed by atoms with Gasteiger partial charge in [0.25, 0.3) is 0 Å². The zero-order valence-corrected chi connectivity index (χ0v) is 8.51. The topological polar surface area (TPSA) is 7.76 Å². The Labute approximate surface area is 91.4 Å². The molecule has 2 heteroatoms. The Kier molecular flexibility index (Phi) is 3.56. The SMILES string of the molecule is C.C[n+]1ccc(-c2cc[n+](C)cc2)cc1. The van der Waals surface area contributed by atoms with Gasteiger partial charge in [-0.1, -0.05) is 7.43 Å². The van der Waals surface area contributed by atoms with Gasteiger partial charge in [0.1, 0.15) is 14.1 Å². The molecule has 2 rings (SSSR count). The fourth-order valence-corrected chi connectivity index (χ4v) is 1.39. The number of nitrogens with zero attached hydrogens (tertiary/aromatic N) is 2. The van der Waals surface area contributed by atoms with E-state index in [9.17, 15) is 0 Å². The molecule has 0 saturated heterocycles. The average molecular weight is 202 g/mol. The molecule has 0 aliphatic rings. The quantitative estimate of drug-likeness (QED) is 0.621. The zero-order chi connectivity index (χ0) is 9.97. The Morgan fingerprint density at radius 2 is 0.933 bits per heavy atom. The molecule has 0 saturated carbocycles. The van der Waals surface area contributed by atoms with E-state index in [0.717, 1.165) is 0 Å².